The Morgan fingerprint density at radius 3 is 2.65 bits per heavy atom. The van der Waals surface area contributed by atoms with Gasteiger partial charge in [0.1, 0.15) is 0 Å². The van der Waals surface area contributed by atoms with Crippen LogP contribution in [0.25, 0.3) is 0 Å². The molecule has 3 atom stereocenters. The maximum absolute atomic E-state index is 6.30. The summed E-state index contributed by atoms with van der Waals surface area (Å²) in [5.41, 5.74) is 3.26. The van der Waals surface area contributed by atoms with Crippen LogP contribution in [0, 0.1) is 11.8 Å². The lowest BCUT2D eigenvalue weighted by molar-refractivity contribution is -0.0828. The average Bonchev–Trinajstić information content (AvgIpc) is 2.55. The molecule has 0 spiro atoms. The lowest BCUT2D eigenvalue weighted by Crippen LogP contribution is -2.43. The van der Waals surface area contributed by atoms with Crippen LogP contribution in [0.1, 0.15) is 62.0 Å². The highest BCUT2D eigenvalue weighted by molar-refractivity contribution is 5.34. The SMILES string of the molecule is c1ccc2c(c1)CC[C@@H]1[C@@H](C3CCCCC3)OCC[C@@H]21. The van der Waals surface area contributed by atoms with Crippen molar-refractivity contribution in [2.24, 2.45) is 11.8 Å². The highest BCUT2D eigenvalue weighted by Gasteiger charge is 2.41. The van der Waals surface area contributed by atoms with Gasteiger partial charge in [-0.2, -0.15) is 0 Å². The topological polar surface area (TPSA) is 9.23 Å². The smallest absolute Gasteiger partial charge is 0.0637 e. The normalized spacial score (nSPS) is 34.3. The molecule has 2 aliphatic carbocycles. The Balaban J connectivity index is 1.60. The lowest BCUT2D eigenvalue weighted by atomic mass is 9.66. The Morgan fingerprint density at radius 2 is 1.75 bits per heavy atom. The van der Waals surface area contributed by atoms with Crippen molar-refractivity contribution in [1.29, 1.82) is 0 Å². The molecule has 1 saturated heterocycles. The van der Waals surface area contributed by atoms with Crippen LogP contribution < -0.4 is 0 Å². The summed E-state index contributed by atoms with van der Waals surface area (Å²) in [5.74, 6) is 2.42. The minimum Gasteiger partial charge on any atom is -0.378 e. The van der Waals surface area contributed by atoms with Crippen LogP contribution in [0.3, 0.4) is 0 Å². The van der Waals surface area contributed by atoms with Crippen molar-refractivity contribution in [2.45, 2.75) is 63.4 Å². The van der Waals surface area contributed by atoms with Gasteiger partial charge in [0.2, 0.25) is 0 Å². The molecule has 1 aromatic carbocycles. The number of ether oxygens (including phenoxy) is 1. The summed E-state index contributed by atoms with van der Waals surface area (Å²) in [5, 5.41) is 0. The van der Waals surface area contributed by atoms with Gasteiger partial charge in [0.15, 0.2) is 0 Å². The van der Waals surface area contributed by atoms with E-state index in [1.165, 1.54) is 51.4 Å². The van der Waals surface area contributed by atoms with Gasteiger partial charge >= 0.3 is 0 Å². The van der Waals surface area contributed by atoms with Crippen LogP contribution in [0.15, 0.2) is 24.3 Å². The number of hydrogen-bond acceptors (Lipinski definition) is 1. The number of rotatable bonds is 1. The van der Waals surface area contributed by atoms with E-state index in [2.05, 4.69) is 24.3 Å². The van der Waals surface area contributed by atoms with Crippen LogP contribution in [-0.4, -0.2) is 12.7 Å². The van der Waals surface area contributed by atoms with Gasteiger partial charge in [-0.25, -0.2) is 0 Å². The second-order valence-corrected chi connectivity index (χ2v) is 7.03. The maximum Gasteiger partial charge on any atom is 0.0637 e. The molecule has 0 amide bonds. The van der Waals surface area contributed by atoms with Crippen molar-refractivity contribution in [2.75, 3.05) is 6.61 Å². The second kappa shape index (κ2) is 5.52. The minimum absolute atomic E-state index is 0.558. The first-order valence-electron chi connectivity index (χ1n) is 8.63. The van der Waals surface area contributed by atoms with E-state index in [-0.39, 0.29) is 0 Å². The summed E-state index contributed by atoms with van der Waals surface area (Å²) in [6.07, 6.45) is 11.5. The molecule has 0 aromatic heterocycles. The van der Waals surface area contributed by atoms with E-state index in [0.717, 1.165) is 24.4 Å². The molecule has 0 radical (unpaired) electrons. The largest absolute Gasteiger partial charge is 0.378 e. The molecule has 0 N–H and O–H groups in total. The number of aryl methyl sites for hydroxylation is 1. The predicted molar refractivity (Wildman–Crippen MR) is 81.9 cm³/mol. The van der Waals surface area contributed by atoms with Gasteiger partial charge < -0.3 is 4.74 Å². The molecule has 20 heavy (non-hydrogen) atoms. The van der Waals surface area contributed by atoms with Crippen LogP contribution in [0.4, 0.5) is 0 Å². The van der Waals surface area contributed by atoms with Gasteiger partial charge in [0.25, 0.3) is 0 Å². The fraction of sp³-hybridized carbons (Fsp3) is 0.684. The predicted octanol–water partition coefficient (Wildman–Crippen LogP) is 4.70. The minimum atomic E-state index is 0.558. The summed E-state index contributed by atoms with van der Waals surface area (Å²) < 4.78 is 6.30. The Hall–Kier alpha value is -0.820. The average molecular weight is 270 g/mol. The van der Waals surface area contributed by atoms with Gasteiger partial charge in [-0.1, -0.05) is 43.5 Å². The summed E-state index contributed by atoms with van der Waals surface area (Å²) in [7, 11) is 0. The first-order chi connectivity index (χ1) is 9.93. The van der Waals surface area contributed by atoms with Crippen molar-refractivity contribution in [3.63, 3.8) is 0 Å². The van der Waals surface area contributed by atoms with Gasteiger partial charge in [-0.15, -0.1) is 0 Å². The van der Waals surface area contributed by atoms with Gasteiger partial charge in [0, 0.05) is 6.61 Å². The van der Waals surface area contributed by atoms with Crippen LogP contribution in [0.5, 0.6) is 0 Å². The molecular formula is C19H26O. The van der Waals surface area contributed by atoms with Crippen molar-refractivity contribution >= 4 is 0 Å². The maximum atomic E-state index is 6.30. The Labute approximate surface area is 122 Å². The lowest BCUT2D eigenvalue weighted by Gasteiger charge is -2.46. The third kappa shape index (κ3) is 2.20. The standard InChI is InChI=1S/C19H26O/c1-2-7-15(8-3-1)19-18-11-10-14-6-4-5-9-16(14)17(18)12-13-20-19/h4-6,9,15,17-19H,1-3,7-8,10-13H2/t17-,18-,19+/m0/s1. The van der Waals surface area contributed by atoms with E-state index < -0.39 is 0 Å². The fourth-order valence-electron chi connectivity index (χ4n) is 5.04. The van der Waals surface area contributed by atoms with Crippen molar-refractivity contribution in [3.8, 4) is 0 Å². The van der Waals surface area contributed by atoms with Gasteiger partial charge in [0.05, 0.1) is 6.10 Å². The van der Waals surface area contributed by atoms with E-state index in [9.17, 15) is 0 Å². The highest BCUT2D eigenvalue weighted by Crippen LogP contribution is 2.47. The molecule has 2 fully saturated rings. The fourth-order valence-corrected chi connectivity index (χ4v) is 5.04. The summed E-state index contributed by atoms with van der Waals surface area (Å²) in [6, 6.07) is 9.16. The third-order valence-electron chi connectivity index (χ3n) is 5.99. The van der Waals surface area contributed by atoms with E-state index in [1.807, 2.05) is 0 Å². The molecule has 0 unspecified atom stereocenters. The third-order valence-corrected chi connectivity index (χ3v) is 5.99. The number of hydrogen-bond donors (Lipinski definition) is 0. The highest BCUT2D eigenvalue weighted by atomic mass is 16.5. The van der Waals surface area contributed by atoms with Crippen LogP contribution in [0.2, 0.25) is 0 Å². The van der Waals surface area contributed by atoms with Crippen LogP contribution >= 0.6 is 0 Å². The van der Waals surface area contributed by atoms with E-state index in [0.29, 0.717) is 6.10 Å². The molecule has 108 valence electrons. The Kier molecular flexibility index (Phi) is 3.56. The molecule has 3 aliphatic rings. The van der Waals surface area contributed by atoms with Gasteiger partial charge in [-0.05, 0) is 61.0 Å². The molecule has 0 bridgehead atoms. The zero-order valence-corrected chi connectivity index (χ0v) is 12.4. The Morgan fingerprint density at radius 1 is 0.900 bits per heavy atom. The zero-order valence-electron chi connectivity index (χ0n) is 12.4. The van der Waals surface area contributed by atoms with Gasteiger partial charge in [-0.3, -0.25) is 0 Å². The molecule has 1 nitrogen and oxygen atoms in total. The summed E-state index contributed by atoms with van der Waals surface area (Å²) >= 11 is 0. The number of fused-ring (bicyclic) bond motifs is 3. The molecule has 1 aliphatic heterocycles. The summed E-state index contributed by atoms with van der Waals surface area (Å²) in [4.78, 5) is 0. The molecule has 1 heteroatoms. The van der Waals surface area contributed by atoms with Crippen molar-refractivity contribution in [3.05, 3.63) is 35.4 Å². The molecule has 4 rings (SSSR count). The van der Waals surface area contributed by atoms with Crippen LogP contribution in [-0.2, 0) is 11.2 Å². The monoisotopic (exact) mass is 270 g/mol. The first-order valence-corrected chi connectivity index (χ1v) is 8.63. The first kappa shape index (κ1) is 12.9. The Bertz CT molecular complexity index is 461. The quantitative estimate of drug-likeness (QED) is 0.718. The zero-order chi connectivity index (χ0) is 13.4. The van der Waals surface area contributed by atoms with E-state index in [4.69, 9.17) is 4.74 Å². The molecule has 1 heterocycles. The molecule has 1 saturated carbocycles. The van der Waals surface area contributed by atoms with Crippen molar-refractivity contribution in [1.82, 2.24) is 0 Å². The number of benzene rings is 1. The second-order valence-electron chi connectivity index (χ2n) is 7.03. The van der Waals surface area contributed by atoms with E-state index >= 15 is 0 Å². The molecule has 1 aromatic rings. The van der Waals surface area contributed by atoms with Crippen molar-refractivity contribution < 1.29 is 4.74 Å². The van der Waals surface area contributed by atoms with E-state index in [1.54, 1.807) is 11.1 Å². The molecular weight excluding hydrogens is 244 g/mol. The summed E-state index contributed by atoms with van der Waals surface area (Å²) in [6.45, 7) is 0.983.